The van der Waals surface area contributed by atoms with Gasteiger partial charge in [-0.3, -0.25) is 4.99 Å². The number of aliphatic hydroxyl groups is 1. The van der Waals surface area contributed by atoms with Crippen molar-refractivity contribution in [2.45, 2.75) is 0 Å². The molecular weight excluding hydrogens is 78.0 g/mol. The van der Waals surface area contributed by atoms with Gasteiger partial charge in [0, 0.05) is 18.7 Å². The Hall–Kier alpha value is -0.370. The molecule has 0 spiro atoms. The summed E-state index contributed by atoms with van der Waals surface area (Å²) in [7, 11) is 0. The van der Waals surface area contributed by atoms with Gasteiger partial charge in [-0.1, -0.05) is 0 Å². The number of hydrogen-bond donors (Lipinski definition) is 1. The number of rotatable bonds is 1. The van der Waals surface area contributed by atoms with Crippen LogP contribution in [-0.2, 0) is 0 Å². The zero-order valence-corrected chi connectivity index (χ0v) is 3.46. The van der Waals surface area contributed by atoms with E-state index in [1.54, 1.807) is 6.21 Å². The fourth-order valence-corrected chi connectivity index (χ4v) is 0.359. The Morgan fingerprint density at radius 2 is 2.67 bits per heavy atom. The molecule has 0 aromatic carbocycles. The first-order valence-electron chi connectivity index (χ1n) is 2.04. The van der Waals surface area contributed by atoms with Gasteiger partial charge in [-0.15, -0.1) is 0 Å². The van der Waals surface area contributed by atoms with E-state index >= 15 is 0 Å². The number of aliphatic imine (C=N–C) groups is 1. The maximum absolute atomic E-state index is 8.29. The van der Waals surface area contributed by atoms with E-state index in [1.165, 1.54) is 0 Å². The quantitative estimate of drug-likeness (QED) is 0.465. The van der Waals surface area contributed by atoms with E-state index in [2.05, 4.69) is 4.99 Å². The minimum absolute atomic E-state index is 0.267. The number of aliphatic hydroxyl groups excluding tert-OH is 1. The van der Waals surface area contributed by atoms with Crippen LogP contribution in [0, 0.1) is 5.92 Å². The molecule has 6 heavy (non-hydrogen) atoms. The second kappa shape index (κ2) is 1.39. The fourth-order valence-electron chi connectivity index (χ4n) is 0.359. The third-order valence-corrected chi connectivity index (χ3v) is 0.891. The van der Waals surface area contributed by atoms with Crippen molar-refractivity contribution in [3.05, 3.63) is 0 Å². The zero-order chi connectivity index (χ0) is 4.41. The lowest BCUT2D eigenvalue weighted by atomic mass is 10.1. The monoisotopic (exact) mass is 85.1 g/mol. The van der Waals surface area contributed by atoms with Crippen molar-refractivity contribution >= 4 is 6.21 Å². The van der Waals surface area contributed by atoms with Gasteiger partial charge in [0.15, 0.2) is 0 Å². The van der Waals surface area contributed by atoms with Crippen molar-refractivity contribution in [2.75, 3.05) is 13.2 Å². The fraction of sp³-hybridized carbons (Fsp3) is 0.750. The number of hydrogen-bond acceptors (Lipinski definition) is 2. The maximum Gasteiger partial charge on any atom is 0.0526 e. The minimum Gasteiger partial charge on any atom is -0.396 e. The average Bonchev–Trinajstić information content (AvgIpc) is 1.31. The van der Waals surface area contributed by atoms with E-state index in [4.69, 9.17) is 5.11 Å². The molecule has 34 valence electrons. The van der Waals surface area contributed by atoms with Crippen LogP contribution in [0.2, 0.25) is 0 Å². The van der Waals surface area contributed by atoms with Gasteiger partial charge in [0.2, 0.25) is 0 Å². The average molecular weight is 85.1 g/mol. The summed E-state index contributed by atoms with van der Waals surface area (Å²) in [6.45, 7) is 1.10. The minimum atomic E-state index is 0.267. The van der Waals surface area contributed by atoms with Gasteiger partial charge < -0.3 is 5.11 Å². The molecule has 0 saturated heterocycles. The molecule has 2 heteroatoms. The highest BCUT2D eigenvalue weighted by atomic mass is 16.3. The molecule has 1 heterocycles. The molecule has 2 nitrogen and oxygen atoms in total. The normalized spacial score (nSPS) is 29.8. The summed E-state index contributed by atoms with van der Waals surface area (Å²) in [5.74, 6) is 0.380. The summed E-state index contributed by atoms with van der Waals surface area (Å²) >= 11 is 0. The lowest BCUT2D eigenvalue weighted by Crippen LogP contribution is -2.19. The molecule has 0 amide bonds. The van der Waals surface area contributed by atoms with Gasteiger partial charge in [0.25, 0.3) is 0 Å². The molecule has 0 bridgehead atoms. The molecule has 0 aliphatic carbocycles. The molecule has 1 aliphatic rings. The second-order valence-corrected chi connectivity index (χ2v) is 1.46. The van der Waals surface area contributed by atoms with E-state index in [0.717, 1.165) is 6.54 Å². The summed E-state index contributed by atoms with van der Waals surface area (Å²) in [4.78, 5) is 3.78. The van der Waals surface area contributed by atoms with Crippen LogP contribution < -0.4 is 0 Å². The van der Waals surface area contributed by atoms with Crippen LogP contribution in [-0.4, -0.2) is 24.5 Å². The van der Waals surface area contributed by atoms with E-state index < -0.39 is 0 Å². The van der Waals surface area contributed by atoms with Crippen LogP contribution in [0.4, 0.5) is 0 Å². The van der Waals surface area contributed by atoms with Crippen LogP contribution in [0.25, 0.3) is 0 Å². The van der Waals surface area contributed by atoms with E-state index in [9.17, 15) is 0 Å². The summed E-state index contributed by atoms with van der Waals surface area (Å²) in [5.41, 5.74) is 0. The lowest BCUT2D eigenvalue weighted by molar-refractivity contribution is 0.259. The molecule has 0 aromatic rings. The van der Waals surface area contributed by atoms with Gasteiger partial charge in [-0.25, -0.2) is 0 Å². The van der Waals surface area contributed by atoms with Crippen LogP contribution in [0.15, 0.2) is 4.99 Å². The van der Waals surface area contributed by atoms with Crippen molar-refractivity contribution in [2.24, 2.45) is 10.9 Å². The smallest absolute Gasteiger partial charge is 0.0526 e. The predicted molar refractivity (Wildman–Crippen MR) is 23.9 cm³/mol. The first-order chi connectivity index (χ1) is 2.93. The van der Waals surface area contributed by atoms with Crippen molar-refractivity contribution in [3.63, 3.8) is 0 Å². The van der Waals surface area contributed by atoms with E-state index in [1.807, 2.05) is 0 Å². The SMILES string of the molecule is OCC1C=NC1. The number of nitrogens with zero attached hydrogens (tertiary/aromatic N) is 1. The highest BCUT2D eigenvalue weighted by molar-refractivity contribution is 5.66. The summed E-state index contributed by atoms with van der Waals surface area (Å²) in [6, 6.07) is 0. The van der Waals surface area contributed by atoms with Crippen LogP contribution in [0.3, 0.4) is 0 Å². The molecule has 1 unspecified atom stereocenters. The molecule has 1 aliphatic heterocycles. The van der Waals surface area contributed by atoms with Crippen LogP contribution in [0.1, 0.15) is 0 Å². The van der Waals surface area contributed by atoms with Gasteiger partial charge in [0.1, 0.15) is 0 Å². The van der Waals surface area contributed by atoms with Crippen molar-refractivity contribution in [3.8, 4) is 0 Å². The molecule has 1 atom stereocenters. The Morgan fingerprint density at radius 3 is 2.67 bits per heavy atom. The second-order valence-electron chi connectivity index (χ2n) is 1.46. The van der Waals surface area contributed by atoms with E-state index in [0.29, 0.717) is 5.92 Å². The van der Waals surface area contributed by atoms with Crippen molar-refractivity contribution in [1.82, 2.24) is 0 Å². The van der Waals surface area contributed by atoms with Gasteiger partial charge in [0.05, 0.1) is 6.61 Å². The van der Waals surface area contributed by atoms with Crippen LogP contribution in [0.5, 0.6) is 0 Å². The van der Waals surface area contributed by atoms with Crippen molar-refractivity contribution < 1.29 is 5.11 Å². The van der Waals surface area contributed by atoms with Gasteiger partial charge in [-0.2, -0.15) is 0 Å². The predicted octanol–water partition coefficient (Wildman–Crippen LogP) is -0.321. The highest BCUT2D eigenvalue weighted by Crippen LogP contribution is 1.99. The van der Waals surface area contributed by atoms with Gasteiger partial charge in [-0.05, 0) is 0 Å². The Morgan fingerprint density at radius 1 is 2.00 bits per heavy atom. The summed E-state index contributed by atoms with van der Waals surface area (Å²) in [5, 5.41) is 8.29. The largest absolute Gasteiger partial charge is 0.396 e. The first kappa shape index (κ1) is 3.81. The third-order valence-electron chi connectivity index (χ3n) is 0.891. The molecule has 0 saturated carbocycles. The topological polar surface area (TPSA) is 32.6 Å². The summed E-state index contributed by atoms with van der Waals surface area (Å²) < 4.78 is 0. The first-order valence-corrected chi connectivity index (χ1v) is 2.04. The van der Waals surface area contributed by atoms with Gasteiger partial charge >= 0.3 is 0 Å². The Kier molecular flexibility index (Phi) is 0.881. The molecule has 0 radical (unpaired) electrons. The molecule has 0 fully saturated rings. The third kappa shape index (κ3) is 0.431. The molecule has 1 rings (SSSR count). The standard InChI is InChI=1S/C4H7NO/c6-3-4-1-5-2-4/h1,4,6H,2-3H2. The maximum atomic E-state index is 8.29. The van der Waals surface area contributed by atoms with Crippen molar-refractivity contribution in [1.29, 1.82) is 0 Å². The molecule has 0 aromatic heterocycles. The summed E-state index contributed by atoms with van der Waals surface area (Å²) in [6.07, 6.45) is 1.78. The Balaban J connectivity index is 2.21. The lowest BCUT2D eigenvalue weighted by Gasteiger charge is -2.11. The Bertz CT molecular complexity index is 69.9. The van der Waals surface area contributed by atoms with Crippen LogP contribution >= 0.6 is 0 Å². The van der Waals surface area contributed by atoms with E-state index in [-0.39, 0.29) is 6.61 Å². The highest BCUT2D eigenvalue weighted by Gasteiger charge is 2.07. The molecule has 1 N–H and O–H groups in total. The Labute approximate surface area is 36.5 Å². The zero-order valence-electron chi connectivity index (χ0n) is 3.46. The molecular formula is C4H7NO.